The fraction of sp³-hybridized carbons (Fsp3) is 0.571. The van der Waals surface area contributed by atoms with Gasteiger partial charge >= 0.3 is 5.97 Å². The molecule has 0 heterocycles. The molecule has 5 heteroatoms. The van der Waals surface area contributed by atoms with Gasteiger partial charge in [-0.15, -0.1) is 0 Å². The Morgan fingerprint density at radius 3 is 2.25 bits per heavy atom. The molecule has 0 amide bonds. The van der Waals surface area contributed by atoms with Crippen LogP contribution in [0.5, 0.6) is 0 Å². The molecule has 0 saturated carbocycles. The highest BCUT2D eigenvalue weighted by Crippen LogP contribution is 1.89. The normalized spacial score (nSPS) is 8.92. The number of rotatable bonds is 3. The predicted molar refractivity (Wildman–Crippen MR) is 47.9 cm³/mol. The van der Waals surface area contributed by atoms with Crippen LogP contribution in [-0.2, 0) is 14.3 Å². The minimum atomic E-state index is -0.892. The van der Waals surface area contributed by atoms with Gasteiger partial charge in [-0.2, -0.15) is 0 Å². The lowest BCUT2D eigenvalue weighted by molar-refractivity contribution is -0.150. The van der Waals surface area contributed by atoms with E-state index in [1.165, 1.54) is 4.90 Å². The molecule has 0 aliphatic rings. The first-order chi connectivity index (χ1) is 5.50. The first-order valence-electron chi connectivity index (χ1n) is 3.43. The molecular weight excluding hydrogens is 178 g/mol. The van der Waals surface area contributed by atoms with E-state index in [0.29, 0.717) is 0 Å². The van der Waals surface area contributed by atoms with E-state index in [1.807, 2.05) is 0 Å². The largest absolute Gasteiger partial charge is 0.460 e. The Kier molecular flexibility index (Phi) is 4.43. The van der Waals surface area contributed by atoms with Crippen LogP contribution in [0.2, 0.25) is 0 Å². The van der Waals surface area contributed by atoms with E-state index in [4.69, 9.17) is 0 Å². The summed E-state index contributed by atoms with van der Waals surface area (Å²) in [5, 5.41) is 0. The maximum Gasteiger partial charge on any atom is 0.382 e. The molecule has 0 radical (unpaired) electrons. The molecule has 0 aromatic rings. The van der Waals surface area contributed by atoms with Crippen molar-refractivity contribution in [3.63, 3.8) is 0 Å². The quantitative estimate of drug-likeness (QED) is 0.355. The number of esters is 1. The smallest absolute Gasteiger partial charge is 0.382 e. The highest BCUT2D eigenvalue weighted by atomic mass is 32.1. The van der Waals surface area contributed by atoms with Gasteiger partial charge < -0.3 is 9.64 Å². The molecule has 12 heavy (non-hydrogen) atoms. The molecule has 0 aliphatic heterocycles. The average Bonchev–Trinajstić information content (AvgIpc) is 2.02. The van der Waals surface area contributed by atoms with Gasteiger partial charge in [-0.05, 0) is 6.92 Å². The van der Waals surface area contributed by atoms with Gasteiger partial charge in [-0.3, -0.25) is 4.79 Å². The first kappa shape index (κ1) is 11.0. The van der Waals surface area contributed by atoms with Crippen LogP contribution in [0.25, 0.3) is 0 Å². The molecule has 0 N–H and O–H groups in total. The van der Waals surface area contributed by atoms with E-state index in [1.54, 1.807) is 21.0 Å². The maximum atomic E-state index is 11.0. The van der Waals surface area contributed by atoms with Crippen molar-refractivity contribution in [3.05, 3.63) is 0 Å². The minimum Gasteiger partial charge on any atom is -0.460 e. The van der Waals surface area contributed by atoms with Crippen molar-refractivity contribution in [2.45, 2.75) is 6.92 Å². The second kappa shape index (κ2) is 4.82. The summed E-state index contributed by atoms with van der Waals surface area (Å²) in [6, 6.07) is 0. The van der Waals surface area contributed by atoms with E-state index >= 15 is 0 Å². The van der Waals surface area contributed by atoms with Crippen molar-refractivity contribution in [3.8, 4) is 0 Å². The molecule has 0 fully saturated rings. The maximum absolute atomic E-state index is 11.0. The standard InChI is InChI=1S/C7H11NO3S/c1-4-11-7(10)5(9)6(12)8(2)3/h4H2,1-3H3. The van der Waals surface area contributed by atoms with Gasteiger partial charge in [0.2, 0.25) is 0 Å². The van der Waals surface area contributed by atoms with Crippen LogP contribution in [0.4, 0.5) is 0 Å². The zero-order valence-corrected chi connectivity index (χ0v) is 8.10. The third-order valence-electron chi connectivity index (χ3n) is 1.06. The van der Waals surface area contributed by atoms with Crippen molar-refractivity contribution in [1.29, 1.82) is 0 Å². The van der Waals surface area contributed by atoms with Gasteiger partial charge in [0.15, 0.2) is 4.99 Å². The van der Waals surface area contributed by atoms with Crippen LogP contribution < -0.4 is 0 Å². The molecule has 0 aliphatic carbocycles. The molecule has 0 aromatic carbocycles. The van der Waals surface area contributed by atoms with Gasteiger partial charge in [0.1, 0.15) is 0 Å². The summed E-state index contributed by atoms with van der Waals surface area (Å²) in [6.07, 6.45) is 0. The predicted octanol–water partition coefficient (Wildman–Crippen LogP) is 0.00760. The summed E-state index contributed by atoms with van der Waals surface area (Å²) in [6.45, 7) is 1.81. The Morgan fingerprint density at radius 1 is 1.42 bits per heavy atom. The van der Waals surface area contributed by atoms with E-state index < -0.39 is 11.8 Å². The highest BCUT2D eigenvalue weighted by molar-refractivity contribution is 7.82. The summed E-state index contributed by atoms with van der Waals surface area (Å²) in [5.74, 6) is -1.66. The Balaban J connectivity index is 4.20. The number of hydrogen-bond donors (Lipinski definition) is 0. The highest BCUT2D eigenvalue weighted by Gasteiger charge is 2.21. The number of Topliss-reactive ketones (excluding diaryl/α,β-unsaturated/α-hetero) is 1. The minimum absolute atomic E-state index is 0.0338. The Labute approximate surface area is 76.5 Å². The van der Waals surface area contributed by atoms with Crippen molar-refractivity contribution in [2.75, 3.05) is 20.7 Å². The van der Waals surface area contributed by atoms with Crippen LogP contribution in [-0.4, -0.2) is 42.3 Å². The number of ether oxygens (including phenoxy) is 1. The lowest BCUT2D eigenvalue weighted by Crippen LogP contribution is -2.34. The topological polar surface area (TPSA) is 46.6 Å². The molecule has 0 rings (SSSR count). The number of likely N-dealkylation sites (N-methyl/N-ethyl adjacent to an activating group) is 1. The number of nitrogens with zero attached hydrogens (tertiary/aromatic N) is 1. The van der Waals surface area contributed by atoms with Crippen LogP contribution in [0, 0.1) is 0 Å². The van der Waals surface area contributed by atoms with E-state index in [0.717, 1.165) is 0 Å². The van der Waals surface area contributed by atoms with Crippen molar-refractivity contribution < 1.29 is 14.3 Å². The Morgan fingerprint density at radius 2 is 1.92 bits per heavy atom. The second-order valence-corrected chi connectivity index (χ2v) is 2.64. The lowest BCUT2D eigenvalue weighted by atomic mass is 10.4. The average molecular weight is 189 g/mol. The Hall–Kier alpha value is -0.970. The number of carbonyl (C=O) groups is 2. The van der Waals surface area contributed by atoms with E-state index in [9.17, 15) is 9.59 Å². The van der Waals surface area contributed by atoms with Gasteiger partial charge in [-0.1, -0.05) is 12.2 Å². The zero-order chi connectivity index (χ0) is 9.72. The van der Waals surface area contributed by atoms with Gasteiger partial charge in [0.25, 0.3) is 5.78 Å². The van der Waals surface area contributed by atoms with Crippen LogP contribution in [0.1, 0.15) is 6.92 Å². The molecule has 68 valence electrons. The van der Waals surface area contributed by atoms with Crippen LogP contribution in [0.3, 0.4) is 0 Å². The summed E-state index contributed by atoms with van der Waals surface area (Å²) >= 11 is 4.67. The summed E-state index contributed by atoms with van der Waals surface area (Å²) in [5.41, 5.74) is 0. The van der Waals surface area contributed by atoms with Crippen LogP contribution >= 0.6 is 12.2 Å². The van der Waals surface area contributed by atoms with E-state index in [-0.39, 0.29) is 11.6 Å². The summed E-state index contributed by atoms with van der Waals surface area (Å²) in [4.78, 5) is 23.2. The van der Waals surface area contributed by atoms with E-state index in [2.05, 4.69) is 17.0 Å². The number of thiocarbonyl (C=S) groups is 1. The SMILES string of the molecule is CCOC(=O)C(=O)C(=S)N(C)C. The molecule has 0 aromatic heterocycles. The second-order valence-electron chi connectivity index (χ2n) is 2.25. The molecule has 4 nitrogen and oxygen atoms in total. The first-order valence-corrected chi connectivity index (χ1v) is 3.84. The molecule has 0 spiro atoms. The summed E-state index contributed by atoms with van der Waals surface area (Å²) < 4.78 is 4.47. The number of ketones is 1. The van der Waals surface area contributed by atoms with Crippen molar-refractivity contribution in [1.82, 2.24) is 4.90 Å². The molecular formula is C7H11NO3S. The van der Waals surface area contributed by atoms with Crippen LogP contribution in [0.15, 0.2) is 0 Å². The van der Waals surface area contributed by atoms with Crippen molar-refractivity contribution in [2.24, 2.45) is 0 Å². The molecule has 0 unspecified atom stereocenters. The molecule has 0 saturated heterocycles. The number of carbonyl (C=O) groups excluding carboxylic acids is 2. The Bertz CT molecular complexity index is 213. The zero-order valence-electron chi connectivity index (χ0n) is 7.29. The monoisotopic (exact) mass is 189 g/mol. The molecule has 0 bridgehead atoms. The van der Waals surface area contributed by atoms with Crippen molar-refractivity contribution >= 4 is 29.0 Å². The third-order valence-corrected chi connectivity index (χ3v) is 1.61. The fourth-order valence-electron chi connectivity index (χ4n) is 0.487. The van der Waals surface area contributed by atoms with Gasteiger partial charge in [-0.25, -0.2) is 4.79 Å². The fourth-order valence-corrected chi connectivity index (χ4v) is 0.570. The third kappa shape index (κ3) is 2.96. The van der Waals surface area contributed by atoms with Gasteiger partial charge in [0.05, 0.1) is 6.61 Å². The summed E-state index contributed by atoms with van der Waals surface area (Å²) in [7, 11) is 3.19. The number of hydrogen-bond acceptors (Lipinski definition) is 4. The lowest BCUT2D eigenvalue weighted by Gasteiger charge is -2.10. The molecule has 0 atom stereocenters. The van der Waals surface area contributed by atoms with Gasteiger partial charge in [0, 0.05) is 14.1 Å².